The minimum Gasteiger partial charge on any atom is -0.478 e. The largest absolute Gasteiger partial charge is 0.573 e. The molecule has 0 saturated heterocycles. The molecule has 0 amide bonds. The van der Waals surface area contributed by atoms with Gasteiger partial charge in [-0.1, -0.05) is 0 Å². The summed E-state index contributed by atoms with van der Waals surface area (Å²) in [6.07, 6.45) is -4.80. The fourth-order valence-corrected chi connectivity index (χ4v) is 1.36. The zero-order valence-electron chi connectivity index (χ0n) is 8.56. The Bertz CT molecular complexity index is 357. The van der Waals surface area contributed by atoms with Crippen LogP contribution in [0.3, 0.4) is 0 Å². The second-order valence-electron chi connectivity index (χ2n) is 2.94. The predicted molar refractivity (Wildman–Crippen MR) is 51.8 cm³/mol. The van der Waals surface area contributed by atoms with Gasteiger partial charge < -0.3 is 9.47 Å². The molecule has 1 aromatic rings. The number of ether oxygens (including phenoxy) is 2. The van der Waals surface area contributed by atoms with Crippen molar-refractivity contribution in [3.63, 3.8) is 0 Å². The standard InChI is InChI=1S/C9H9ClF3NO2/c1-5-3-6(4-10)7(8(14-5)15-2)16-9(11,12)13/h3H,4H2,1-2H3. The summed E-state index contributed by atoms with van der Waals surface area (Å²) in [6.45, 7) is 1.62. The van der Waals surface area contributed by atoms with Crippen molar-refractivity contribution in [2.75, 3.05) is 7.11 Å². The molecule has 0 aliphatic carbocycles. The summed E-state index contributed by atoms with van der Waals surface area (Å²) >= 11 is 5.53. The Morgan fingerprint density at radius 2 is 2.06 bits per heavy atom. The molecular formula is C9H9ClF3NO2. The summed E-state index contributed by atoms with van der Waals surface area (Å²) in [5.74, 6) is -0.839. The van der Waals surface area contributed by atoms with Crippen molar-refractivity contribution < 1.29 is 22.6 Å². The zero-order chi connectivity index (χ0) is 12.3. The van der Waals surface area contributed by atoms with E-state index in [1.54, 1.807) is 6.92 Å². The number of methoxy groups -OCH3 is 1. The maximum atomic E-state index is 12.1. The first-order chi connectivity index (χ1) is 7.37. The van der Waals surface area contributed by atoms with Crippen LogP contribution in [-0.4, -0.2) is 18.5 Å². The number of pyridine rings is 1. The summed E-state index contributed by atoms with van der Waals surface area (Å²) in [7, 11) is 1.21. The highest BCUT2D eigenvalue weighted by atomic mass is 35.5. The van der Waals surface area contributed by atoms with Crippen LogP contribution in [0.15, 0.2) is 6.07 Å². The molecule has 7 heteroatoms. The topological polar surface area (TPSA) is 31.4 Å². The maximum absolute atomic E-state index is 12.1. The molecule has 1 heterocycles. The average molecular weight is 256 g/mol. The van der Waals surface area contributed by atoms with E-state index in [1.807, 2.05) is 0 Å². The van der Waals surface area contributed by atoms with E-state index in [9.17, 15) is 13.2 Å². The number of aryl methyl sites for hydroxylation is 1. The smallest absolute Gasteiger partial charge is 0.478 e. The van der Waals surface area contributed by atoms with Gasteiger partial charge in [-0.3, -0.25) is 0 Å². The van der Waals surface area contributed by atoms with Gasteiger partial charge in [-0.25, -0.2) is 4.98 Å². The molecule has 0 bridgehead atoms. The van der Waals surface area contributed by atoms with Gasteiger partial charge in [0.1, 0.15) is 0 Å². The SMILES string of the molecule is COc1nc(C)cc(CCl)c1OC(F)(F)F. The summed E-state index contributed by atoms with van der Waals surface area (Å²) in [5, 5.41) is 0. The molecular weight excluding hydrogens is 247 g/mol. The van der Waals surface area contributed by atoms with Crippen molar-refractivity contribution >= 4 is 11.6 Å². The fraction of sp³-hybridized carbons (Fsp3) is 0.444. The van der Waals surface area contributed by atoms with Gasteiger partial charge in [0.2, 0.25) is 0 Å². The predicted octanol–water partition coefficient (Wildman–Crippen LogP) is 3.04. The van der Waals surface area contributed by atoms with Crippen LogP contribution in [0.5, 0.6) is 11.6 Å². The molecule has 1 aromatic heterocycles. The Labute approximate surface area is 95.1 Å². The van der Waals surface area contributed by atoms with Gasteiger partial charge >= 0.3 is 6.36 Å². The monoisotopic (exact) mass is 255 g/mol. The number of nitrogens with zero attached hydrogens (tertiary/aromatic N) is 1. The van der Waals surface area contributed by atoms with Gasteiger partial charge in [0.25, 0.3) is 5.88 Å². The second-order valence-corrected chi connectivity index (χ2v) is 3.21. The molecule has 0 radical (unpaired) electrons. The molecule has 0 unspecified atom stereocenters. The van der Waals surface area contributed by atoms with Gasteiger partial charge in [0.05, 0.1) is 13.0 Å². The van der Waals surface area contributed by atoms with E-state index in [1.165, 1.54) is 13.2 Å². The Morgan fingerprint density at radius 1 is 1.44 bits per heavy atom. The lowest BCUT2D eigenvalue weighted by Gasteiger charge is -2.15. The number of aromatic nitrogens is 1. The first-order valence-corrected chi connectivity index (χ1v) is 4.77. The van der Waals surface area contributed by atoms with Crippen LogP contribution in [0.25, 0.3) is 0 Å². The van der Waals surface area contributed by atoms with Crippen molar-refractivity contribution in [1.29, 1.82) is 0 Å². The summed E-state index contributed by atoms with van der Waals surface area (Å²) in [5.41, 5.74) is 0.686. The molecule has 0 fully saturated rings. The number of halogens is 4. The highest BCUT2D eigenvalue weighted by Gasteiger charge is 2.34. The normalized spacial score (nSPS) is 11.4. The van der Waals surface area contributed by atoms with E-state index in [2.05, 4.69) is 9.72 Å². The zero-order valence-corrected chi connectivity index (χ0v) is 9.32. The molecule has 0 atom stereocenters. The first kappa shape index (κ1) is 12.9. The lowest BCUT2D eigenvalue weighted by Crippen LogP contribution is -2.19. The minimum atomic E-state index is -4.80. The third-order valence-electron chi connectivity index (χ3n) is 1.70. The molecule has 0 aliphatic heterocycles. The molecule has 0 saturated carbocycles. The Balaban J connectivity index is 3.22. The van der Waals surface area contributed by atoms with Crippen molar-refractivity contribution in [3.8, 4) is 11.6 Å². The first-order valence-electron chi connectivity index (χ1n) is 4.23. The van der Waals surface area contributed by atoms with Gasteiger partial charge in [-0.05, 0) is 13.0 Å². The molecule has 1 rings (SSSR count). The van der Waals surface area contributed by atoms with Crippen molar-refractivity contribution in [3.05, 3.63) is 17.3 Å². The van der Waals surface area contributed by atoms with Crippen LogP contribution in [0, 0.1) is 6.92 Å². The van der Waals surface area contributed by atoms with E-state index >= 15 is 0 Å². The fourth-order valence-electron chi connectivity index (χ4n) is 1.16. The summed E-state index contributed by atoms with van der Waals surface area (Å²) < 4.78 is 44.9. The Kier molecular flexibility index (Phi) is 3.85. The molecule has 0 spiro atoms. The summed E-state index contributed by atoms with van der Waals surface area (Å²) in [6, 6.07) is 1.41. The molecule has 0 N–H and O–H groups in total. The van der Waals surface area contributed by atoms with E-state index in [-0.39, 0.29) is 17.3 Å². The quantitative estimate of drug-likeness (QED) is 0.778. The number of rotatable bonds is 3. The van der Waals surface area contributed by atoms with Gasteiger partial charge in [0.15, 0.2) is 5.75 Å². The van der Waals surface area contributed by atoms with Crippen LogP contribution in [0.1, 0.15) is 11.3 Å². The molecule has 90 valence electrons. The molecule has 16 heavy (non-hydrogen) atoms. The summed E-state index contributed by atoms with van der Waals surface area (Å²) in [4.78, 5) is 3.78. The molecule has 0 aliphatic rings. The van der Waals surface area contributed by atoms with E-state index < -0.39 is 12.1 Å². The molecule has 3 nitrogen and oxygen atoms in total. The van der Waals surface area contributed by atoms with Crippen LogP contribution in [0.4, 0.5) is 13.2 Å². The highest BCUT2D eigenvalue weighted by Crippen LogP contribution is 2.35. The average Bonchev–Trinajstić information content (AvgIpc) is 2.18. The maximum Gasteiger partial charge on any atom is 0.573 e. The van der Waals surface area contributed by atoms with Gasteiger partial charge in [-0.15, -0.1) is 24.8 Å². The number of hydrogen-bond acceptors (Lipinski definition) is 3. The third-order valence-corrected chi connectivity index (χ3v) is 1.99. The lowest BCUT2D eigenvalue weighted by atomic mass is 10.2. The van der Waals surface area contributed by atoms with Gasteiger partial charge in [0, 0.05) is 11.3 Å². The number of hydrogen-bond donors (Lipinski definition) is 0. The Morgan fingerprint density at radius 3 is 2.50 bits per heavy atom. The highest BCUT2D eigenvalue weighted by molar-refractivity contribution is 6.17. The van der Waals surface area contributed by atoms with Crippen LogP contribution in [-0.2, 0) is 5.88 Å². The van der Waals surface area contributed by atoms with Gasteiger partial charge in [-0.2, -0.15) is 0 Å². The van der Waals surface area contributed by atoms with Crippen molar-refractivity contribution in [2.45, 2.75) is 19.2 Å². The molecule has 0 aromatic carbocycles. The van der Waals surface area contributed by atoms with Crippen LogP contribution in [0.2, 0.25) is 0 Å². The lowest BCUT2D eigenvalue weighted by molar-refractivity contribution is -0.275. The van der Waals surface area contributed by atoms with E-state index in [0.29, 0.717) is 5.69 Å². The third kappa shape index (κ3) is 3.16. The minimum absolute atomic E-state index is 0.120. The van der Waals surface area contributed by atoms with Crippen LogP contribution < -0.4 is 9.47 Å². The van der Waals surface area contributed by atoms with Crippen molar-refractivity contribution in [2.24, 2.45) is 0 Å². The Hall–Kier alpha value is -1.17. The van der Waals surface area contributed by atoms with E-state index in [0.717, 1.165) is 0 Å². The van der Waals surface area contributed by atoms with Crippen molar-refractivity contribution in [1.82, 2.24) is 4.98 Å². The second kappa shape index (κ2) is 4.78. The van der Waals surface area contributed by atoms with Crippen LogP contribution >= 0.6 is 11.6 Å². The van der Waals surface area contributed by atoms with E-state index in [4.69, 9.17) is 16.3 Å². The number of alkyl halides is 4.